The first-order chi connectivity index (χ1) is 8.19. The summed E-state index contributed by atoms with van der Waals surface area (Å²) in [5.41, 5.74) is 1.10. The largest absolute Gasteiger partial charge is 0.299 e. The zero-order valence-electron chi connectivity index (χ0n) is 9.50. The highest BCUT2D eigenvalue weighted by Crippen LogP contribution is 2.23. The molecule has 1 fully saturated rings. The molecule has 1 aromatic rings. The summed E-state index contributed by atoms with van der Waals surface area (Å²) in [5.74, 6) is -0.00766. The van der Waals surface area contributed by atoms with E-state index in [9.17, 15) is 4.39 Å². The van der Waals surface area contributed by atoms with Gasteiger partial charge in [0, 0.05) is 16.9 Å². The second kappa shape index (κ2) is 5.61. The molecule has 1 aliphatic heterocycles. The monoisotopic (exact) mass is 296 g/mol. The number of halogens is 2. The minimum Gasteiger partial charge on any atom is -0.299 e. The van der Waals surface area contributed by atoms with Gasteiger partial charge in [0.15, 0.2) is 0 Å². The lowest BCUT2D eigenvalue weighted by Gasteiger charge is -2.29. The van der Waals surface area contributed by atoms with Crippen molar-refractivity contribution in [2.45, 2.75) is 19.4 Å². The minimum absolute atomic E-state index is 0.211. The van der Waals surface area contributed by atoms with Crippen LogP contribution in [0.25, 0.3) is 0 Å². The Bertz CT molecular complexity index is 434. The number of hydrogen-bond acceptors (Lipinski definition) is 2. The van der Waals surface area contributed by atoms with E-state index in [2.05, 4.69) is 26.9 Å². The third-order valence-corrected chi connectivity index (χ3v) is 3.92. The van der Waals surface area contributed by atoms with E-state index in [4.69, 9.17) is 5.26 Å². The summed E-state index contributed by atoms with van der Waals surface area (Å²) in [6, 6.07) is 7.12. The topological polar surface area (TPSA) is 27.0 Å². The van der Waals surface area contributed by atoms with Crippen LogP contribution in [0, 0.1) is 23.1 Å². The molecule has 1 aliphatic rings. The van der Waals surface area contributed by atoms with Gasteiger partial charge >= 0.3 is 0 Å². The van der Waals surface area contributed by atoms with Crippen LogP contribution in [-0.4, -0.2) is 18.0 Å². The molecule has 1 aromatic carbocycles. The van der Waals surface area contributed by atoms with Crippen molar-refractivity contribution in [3.8, 4) is 6.07 Å². The molecule has 0 radical (unpaired) electrons. The fourth-order valence-electron chi connectivity index (χ4n) is 2.11. The van der Waals surface area contributed by atoms with Crippen LogP contribution in [0.5, 0.6) is 0 Å². The second-order valence-electron chi connectivity index (χ2n) is 4.42. The molecule has 0 saturated carbocycles. The van der Waals surface area contributed by atoms with E-state index in [1.165, 1.54) is 12.1 Å². The quantitative estimate of drug-likeness (QED) is 0.837. The first kappa shape index (κ1) is 12.5. The van der Waals surface area contributed by atoms with E-state index in [-0.39, 0.29) is 11.7 Å². The number of nitrogens with zero attached hydrogens (tertiary/aromatic N) is 2. The molecule has 0 unspecified atom stereocenters. The Labute approximate surface area is 109 Å². The van der Waals surface area contributed by atoms with Gasteiger partial charge in [0.1, 0.15) is 5.82 Å². The normalized spacial score (nSPS) is 17.9. The lowest BCUT2D eigenvalue weighted by atomic mass is 9.98. The van der Waals surface area contributed by atoms with Gasteiger partial charge in [-0.25, -0.2) is 4.39 Å². The fraction of sp³-hybridized carbons (Fsp3) is 0.462. The fourth-order valence-corrected chi connectivity index (χ4v) is 2.59. The first-order valence-corrected chi connectivity index (χ1v) is 6.54. The van der Waals surface area contributed by atoms with Crippen molar-refractivity contribution in [3.63, 3.8) is 0 Å². The second-order valence-corrected chi connectivity index (χ2v) is 5.27. The molecular weight excluding hydrogens is 283 g/mol. The van der Waals surface area contributed by atoms with Gasteiger partial charge in [-0.3, -0.25) is 4.90 Å². The Morgan fingerprint density at radius 2 is 2.12 bits per heavy atom. The summed E-state index contributed by atoms with van der Waals surface area (Å²) < 4.78 is 13.8. The van der Waals surface area contributed by atoms with E-state index >= 15 is 0 Å². The Hall–Kier alpha value is -0.920. The Balaban J connectivity index is 1.96. The maximum atomic E-state index is 12.9. The highest BCUT2D eigenvalue weighted by atomic mass is 79.9. The Kier molecular flexibility index (Phi) is 4.14. The minimum atomic E-state index is -0.219. The van der Waals surface area contributed by atoms with E-state index < -0.39 is 0 Å². The van der Waals surface area contributed by atoms with Crippen LogP contribution in [0.1, 0.15) is 18.4 Å². The maximum absolute atomic E-state index is 12.9. The summed E-state index contributed by atoms with van der Waals surface area (Å²) in [7, 11) is 0. The average Bonchev–Trinajstić information content (AvgIpc) is 2.34. The molecule has 0 atom stereocenters. The number of piperidine rings is 1. The van der Waals surface area contributed by atoms with Crippen molar-refractivity contribution in [2.75, 3.05) is 13.1 Å². The predicted molar refractivity (Wildman–Crippen MR) is 67.7 cm³/mol. The van der Waals surface area contributed by atoms with Crippen molar-refractivity contribution in [1.29, 1.82) is 5.26 Å². The summed E-state index contributed by atoms with van der Waals surface area (Å²) in [5, 5.41) is 8.82. The Morgan fingerprint density at radius 1 is 1.41 bits per heavy atom. The zero-order valence-corrected chi connectivity index (χ0v) is 11.1. The van der Waals surface area contributed by atoms with Crippen LogP contribution in [0.2, 0.25) is 0 Å². The molecule has 17 heavy (non-hydrogen) atoms. The Morgan fingerprint density at radius 3 is 2.71 bits per heavy atom. The summed E-state index contributed by atoms with van der Waals surface area (Å²) >= 11 is 3.38. The zero-order chi connectivity index (χ0) is 12.3. The lowest BCUT2D eigenvalue weighted by Crippen LogP contribution is -2.32. The van der Waals surface area contributed by atoms with Crippen molar-refractivity contribution >= 4 is 15.9 Å². The first-order valence-electron chi connectivity index (χ1n) is 5.75. The average molecular weight is 297 g/mol. The molecule has 1 saturated heterocycles. The van der Waals surface area contributed by atoms with Crippen LogP contribution < -0.4 is 0 Å². The molecule has 2 rings (SSSR count). The van der Waals surface area contributed by atoms with Crippen LogP contribution in [-0.2, 0) is 6.54 Å². The van der Waals surface area contributed by atoms with Gasteiger partial charge < -0.3 is 0 Å². The molecular formula is C13H14BrFN2. The van der Waals surface area contributed by atoms with Crippen LogP contribution in [0.15, 0.2) is 22.7 Å². The standard InChI is InChI=1S/C13H14BrFN2/c14-13-7-12(15)2-1-11(13)9-17-5-3-10(8-16)4-6-17/h1-2,7,10H,3-6,9H2. The van der Waals surface area contributed by atoms with Gasteiger partial charge in [-0.1, -0.05) is 22.0 Å². The van der Waals surface area contributed by atoms with Crippen LogP contribution >= 0.6 is 15.9 Å². The molecule has 0 aliphatic carbocycles. The number of likely N-dealkylation sites (tertiary alicyclic amines) is 1. The third kappa shape index (κ3) is 3.27. The van der Waals surface area contributed by atoms with Crippen molar-refractivity contribution < 1.29 is 4.39 Å². The van der Waals surface area contributed by atoms with Gasteiger partial charge in [0.25, 0.3) is 0 Å². The molecule has 0 amide bonds. The molecule has 4 heteroatoms. The summed E-state index contributed by atoms with van der Waals surface area (Å²) in [6.07, 6.45) is 1.88. The van der Waals surface area contributed by atoms with Crippen molar-refractivity contribution in [1.82, 2.24) is 4.90 Å². The van der Waals surface area contributed by atoms with Crippen molar-refractivity contribution in [3.05, 3.63) is 34.1 Å². The van der Waals surface area contributed by atoms with Crippen LogP contribution in [0.4, 0.5) is 4.39 Å². The van der Waals surface area contributed by atoms with Crippen LogP contribution in [0.3, 0.4) is 0 Å². The van der Waals surface area contributed by atoms with Gasteiger partial charge in [0.05, 0.1) is 6.07 Å². The highest BCUT2D eigenvalue weighted by Gasteiger charge is 2.19. The molecule has 2 nitrogen and oxygen atoms in total. The smallest absolute Gasteiger partial charge is 0.124 e. The van der Waals surface area contributed by atoms with E-state index in [1.54, 1.807) is 0 Å². The molecule has 0 bridgehead atoms. The molecule has 0 aromatic heterocycles. The van der Waals surface area contributed by atoms with Gasteiger partial charge in [-0.05, 0) is 43.6 Å². The number of rotatable bonds is 2. The summed E-state index contributed by atoms with van der Waals surface area (Å²) in [6.45, 7) is 2.71. The molecule has 0 spiro atoms. The number of nitriles is 1. The third-order valence-electron chi connectivity index (χ3n) is 3.18. The number of benzene rings is 1. The lowest BCUT2D eigenvalue weighted by molar-refractivity contribution is 0.198. The van der Waals surface area contributed by atoms with E-state index in [0.29, 0.717) is 0 Å². The van der Waals surface area contributed by atoms with E-state index in [1.807, 2.05) is 6.07 Å². The summed E-state index contributed by atoms with van der Waals surface area (Å²) in [4.78, 5) is 2.31. The molecule has 1 heterocycles. The van der Waals surface area contributed by atoms with E-state index in [0.717, 1.165) is 42.5 Å². The molecule has 0 N–H and O–H groups in total. The SMILES string of the molecule is N#CC1CCN(Cc2ccc(F)cc2Br)CC1. The van der Waals surface area contributed by atoms with Gasteiger partial charge in [-0.15, -0.1) is 0 Å². The number of hydrogen-bond donors (Lipinski definition) is 0. The maximum Gasteiger partial charge on any atom is 0.124 e. The van der Waals surface area contributed by atoms with Gasteiger partial charge in [-0.2, -0.15) is 5.26 Å². The van der Waals surface area contributed by atoms with Crippen molar-refractivity contribution in [2.24, 2.45) is 5.92 Å². The predicted octanol–water partition coefficient (Wildman–Crippen LogP) is 3.32. The highest BCUT2D eigenvalue weighted by molar-refractivity contribution is 9.10. The molecule has 90 valence electrons. The van der Waals surface area contributed by atoms with Gasteiger partial charge in [0.2, 0.25) is 0 Å².